The number of imidazole rings is 1. The molecule has 0 amide bonds. The molecule has 3 rings (SSSR count). The Morgan fingerprint density at radius 3 is 2.48 bits per heavy atom. The van der Waals surface area contributed by atoms with Crippen LogP contribution >= 0.6 is 24.0 Å². The summed E-state index contributed by atoms with van der Waals surface area (Å²) in [6.07, 6.45) is 5.50. The molecule has 0 aliphatic rings. The average molecular weight is 481 g/mol. The van der Waals surface area contributed by atoms with Gasteiger partial charge in [-0.3, -0.25) is 9.56 Å². The van der Waals surface area contributed by atoms with E-state index in [-0.39, 0.29) is 24.0 Å². The van der Waals surface area contributed by atoms with Gasteiger partial charge in [-0.25, -0.2) is 15.0 Å². The first-order valence-corrected chi connectivity index (χ1v) is 8.39. The highest BCUT2D eigenvalue weighted by Crippen LogP contribution is 2.09. The van der Waals surface area contributed by atoms with Crippen molar-refractivity contribution in [1.29, 1.82) is 0 Å². The molecular weight excluding hydrogens is 457 g/mol. The number of aliphatic imine (C=N–C) groups is 1. The maximum atomic E-state index is 5.56. The fourth-order valence-corrected chi connectivity index (χ4v) is 2.46. The standard InChI is InChI=1S/C18H23N7O.HI/c1-12-13(2)26-17(24-12)11-23-18(19-4)22-10-15-5-6-16(21-9-15)25-8-7-20-14(25)3;/h5-9H,10-11H2,1-4H3,(H2,19,22,23);1H. The molecule has 0 radical (unpaired) electrons. The highest BCUT2D eigenvalue weighted by molar-refractivity contribution is 14.0. The van der Waals surface area contributed by atoms with Crippen molar-refractivity contribution in [2.24, 2.45) is 4.99 Å². The fraction of sp³-hybridized carbons (Fsp3) is 0.333. The van der Waals surface area contributed by atoms with E-state index in [1.165, 1.54) is 0 Å². The van der Waals surface area contributed by atoms with Gasteiger partial charge in [0.05, 0.1) is 12.2 Å². The van der Waals surface area contributed by atoms with Gasteiger partial charge in [-0.2, -0.15) is 0 Å². The lowest BCUT2D eigenvalue weighted by atomic mass is 10.3. The summed E-state index contributed by atoms with van der Waals surface area (Å²) in [7, 11) is 1.73. The van der Waals surface area contributed by atoms with Gasteiger partial charge < -0.3 is 15.1 Å². The topological polar surface area (TPSA) is 93.2 Å². The van der Waals surface area contributed by atoms with E-state index in [9.17, 15) is 0 Å². The minimum atomic E-state index is 0. The van der Waals surface area contributed by atoms with Gasteiger partial charge >= 0.3 is 0 Å². The zero-order valence-corrected chi connectivity index (χ0v) is 18.2. The van der Waals surface area contributed by atoms with Gasteiger partial charge in [-0.05, 0) is 32.4 Å². The number of hydrogen-bond acceptors (Lipinski definition) is 5. The summed E-state index contributed by atoms with van der Waals surface area (Å²) in [5, 5.41) is 6.44. The Morgan fingerprint density at radius 1 is 1.15 bits per heavy atom. The van der Waals surface area contributed by atoms with Crippen LogP contribution in [0.2, 0.25) is 0 Å². The molecule has 3 heterocycles. The number of halogens is 1. The monoisotopic (exact) mass is 481 g/mol. The van der Waals surface area contributed by atoms with Gasteiger partial charge in [0, 0.05) is 32.2 Å². The van der Waals surface area contributed by atoms with Crippen LogP contribution in [0, 0.1) is 20.8 Å². The molecule has 0 spiro atoms. The minimum absolute atomic E-state index is 0. The normalized spacial score (nSPS) is 11.2. The Balaban J connectivity index is 0.00000261. The van der Waals surface area contributed by atoms with Crippen molar-refractivity contribution in [3.05, 3.63) is 59.5 Å². The number of aromatic nitrogens is 4. The van der Waals surface area contributed by atoms with Crippen molar-refractivity contribution in [3.8, 4) is 5.82 Å². The van der Waals surface area contributed by atoms with E-state index in [4.69, 9.17) is 4.42 Å². The summed E-state index contributed by atoms with van der Waals surface area (Å²) in [5.74, 6) is 3.91. The number of oxazole rings is 1. The second kappa shape index (κ2) is 9.49. The van der Waals surface area contributed by atoms with Crippen molar-refractivity contribution in [1.82, 2.24) is 30.2 Å². The molecule has 0 aliphatic carbocycles. The smallest absolute Gasteiger partial charge is 0.214 e. The van der Waals surface area contributed by atoms with Gasteiger partial charge in [0.25, 0.3) is 0 Å². The second-order valence-corrected chi connectivity index (χ2v) is 5.90. The van der Waals surface area contributed by atoms with Crippen LogP contribution in [0.4, 0.5) is 0 Å². The molecular formula is C18H24IN7O. The molecule has 0 saturated carbocycles. The first kappa shape index (κ1) is 20.9. The van der Waals surface area contributed by atoms with Crippen molar-refractivity contribution in [2.75, 3.05) is 7.05 Å². The van der Waals surface area contributed by atoms with Crippen molar-refractivity contribution in [3.63, 3.8) is 0 Å². The number of guanidine groups is 1. The summed E-state index contributed by atoms with van der Waals surface area (Å²) >= 11 is 0. The number of nitrogens with one attached hydrogen (secondary N) is 2. The average Bonchev–Trinajstić information content (AvgIpc) is 3.21. The summed E-state index contributed by atoms with van der Waals surface area (Å²) in [5.41, 5.74) is 1.96. The summed E-state index contributed by atoms with van der Waals surface area (Å²) in [6, 6.07) is 4.00. The van der Waals surface area contributed by atoms with Crippen molar-refractivity contribution < 1.29 is 4.42 Å². The Bertz CT molecular complexity index is 879. The molecule has 0 aliphatic heterocycles. The van der Waals surface area contributed by atoms with Crippen LogP contribution in [0.15, 0.2) is 40.1 Å². The van der Waals surface area contributed by atoms with Crippen LogP contribution in [-0.4, -0.2) is 32.5 Å². The molecule has 2 N–H and O–H groups in total. The Morgan fingerprint density at radius 2 is 1.93 bits per heavy atom. The van der Waals surface area contributed by atoms with Crippen molar-refractivity contribution >= 4 is 29.9 Å². The molecule has 8 nitrogen and oxygen atoms in total. The predicted molar refractivity (Wildman–Crippen MR) is 115 cm³/mol. The number of nitrogens with zero attached hydrogens (tertiary/aromatic N) is 5. The molecule has 0 atom stereocenters. The van der Waals surface area contributed by atoms with Gasteiger partial charge in [0.15, 0.2) is 5.96 Å². The lowest BCUT2D eigenvalue weighted by Crippen LogP contribution is -2.36. The van der Waals surface area contributed by atoms with E-state index in [0.717, 1.165) is 28.7 Å². The summed E-state index contributed by atoms with van der Waals surface area (Å²) < 4.78 is 7.50. The Hall–Kier alpha value is -2.43. The lowest BCUT2D eigenvalue weighted by Gasteiger charge is -2.11. The van der Waals surface area contributed by atoms with Crippen molar-refractivity contribution in [2.45, 2.75) is 33.9 Å². The van der Waals surface area contributed by atoms with E-state index in [0.29, 0.717) is 24.9 Å². The molecule has 0 unspecified atom stereocenters. The quantitative estimate of drug-likeness (QED) is 0.331. The van der Waals surface area contributed by atoms with Gasteiger partial charge in [-0.15, -0.1) is 24.0 Å². The Labute approximate surface area is 175 Å². The largest absolute Gasteiger partial charge is 0.444 e. The second-order valence-electron chi connectivity index (χ2n) is 5.90. The zero-order chi connectivity index (χ0) is 18.5. The van der Waals surface area contributed by atoms with E-state index in [2.05, 4.69) is 30.6 Å². The highest BCUT2D eigenvalue weighted by atomic mass is 127. The van der Waals surface area contributed by atoms with Gasteiger partial charge in [-0.1, -0.05) is 6.07 Å². The van der Waals surface area contributed by atoms with E-state index >= 15 is 0 Å². The third-order valence-electron chi connectivity index (χ3n) is 4.05. The van der Waals surface area contributed by atoms with Crippen LogP contribution < -0.4 is 10.6 Å². The molecule has 144 valence electrons. The van der Waals surface area contributed by atoms with E-state index in [1.54, 1.807) is 13.2 Å². The van der Waals surface area contributed by atoms with E-state index in [1.807, 2.05) is 49.9 Å². The number of pyridine rings is 1. The third-order valence-corrected chi connectivity index (χ3v) is 4.05. The molecule has 0 fully saturated rings. The molecule has 0 bridgehead atoms. The predicted octanol–water partition coefficient (Wildman–Crippen LogP) is 2.66. The van der Waals surface area contributed by atoms with Crippen LogP contribution in [0.1, 0.15) is 28.7 Å². The highest BCUT2D eigenvalue weighted by Gasteiger charge is 2.07. The van der Waals surface area contributed by atoms with Crippen LogP contribution in [0.5, 0.6) is 0 Å². The first-order valence-electron chi connectivity index (χ1n) is 8.39. The Kier molecular flexibility index (Phi) is 7.34. The maximum absolute atomic E-state index is 5.56. The van der Waals surface area contributed by atoms with Gasteiger partial charge in [0.1, 0.15) is 17.4 Å². The minimum Gasteiger partial charge on any atom is -0.444 e. The first-order chi connectivity index (χ1) is 12.6. The summed E-state index contributed by atoms with van der Waals surface area (Å²) in [6.45, 7) is 6.87. The number of aryl methyl sites for hydroxylation is 3. The molecule has 9 heteroatoms. The molecule has 3 aromatic rings. The van der Waals surface area contributed by atoms with Crippen LogP contribution in [0.25, 0.3) is 5.82 Å². The SMILES string of the molecule is CN=C(NCc1ccc(-n2ccnc2C)nc1)NCc1nc(C)c(C)o1.I. The third kappa shape index (κ3) is 5.28. The zero-order valence-electron chi connectivity index (χ0n) is 15.9. The molecule has 0 saturated heterocycles. The fourth-order valence-electron chi connectivity index (χ4n) is 2.46. The van der Waals surface area contributed by atoms with Gasteiger partial charge in [0.2, 0.25) is 5.89 Å². The van der Waals surface area contributed by atoms with E-state index < -0.39 is 0 Å². The molecule has 3 aromatic heterocycles. The maximum Gasteiger partial charge on any atom is 0.214 e. The molecule has 27 heavy (non-hydrogen) atoms. The summed E-state index contributed by atoms with van der Waals surface area (Å²) in [4.78, 5) is 17.3. The lowest BCUT2D eigenvalue weighted by molar-refractivity contribution is 0.463. The number of hydrogen-bond donors (Lipinski definition) is 2. The number of rotatable bonds is 5. The van der Waals surface area contributed by atoms with Crippen LogP contribution in [0.3, 0.4) is 0 Å². The molecule has 0 aromatic carbocycles. The van der Waals surface area contributed by atoms with Crippen LogP contribution in [-0.2, 0) is 13.1 Å².